The molecule has 6 nitrogen and oxygen atoms in total. The highest BCUT2D eigenvalue weighted by Gasteiger charge is 2.21. The average Bonchev–Trinajstić information content (AvgIpc) is 2.99. The van der Waals surface area contributed by atoms with Crippen LogP contribution in [0.25, 0.3) is 22.3 Å². The normalized spacial score (nSPS) is 16.6. The van der Waals surface area contributed by atoms with Crippen LogP contribution in [-0.2, 0) is 9.53 Å². The number of carbonyl (C=O) groups is 1. The summed E-state index contributed by atoms with van der Waals surface area (Å²) in [6.07, 6.45) is 6.58. The van der Waals surface area contributed by atoms with Crippen LogP contribution < -0.4 is 9.47 Å². The first-order chi connectivity index (χ1) is 19.9. The van der Waals surface area contributed by atoms with E-state index in [9.17, 15) is 9.70 Å². The molecule has 1 saturated carbocycles. The Labute approximate surface area is 243 Å². The van der Waals surface area contributed by atoms with E-state index in [1.807, 2.05) is 12.1 Å². The Hall–Kier alpha value is -3.93. The molecule has 4 rings (SSSR count). The molecule has 1 aliphatic carbocycles. The lowest BCUT2D eigenvalue weighted by Crippen LogP contribution is -2.13. The van der Waals surface area contributed by atoms with Gasteiger partial charge in [0, 0.05) is 17.2 Å². The molecule has 0 spiro atoms. The molecule has 0 unspecified atom stereocenters. The second kappa shape index (κ2) is 14.6. The Morgan fingerprint density at radius 1 is 0.878 bits per heavy atom. The minimum absolute atomic E-state index is 0.0658. The van der Waals surface area contributed by atoms with E-state index in [4.69, 9.17) is 14.2 Å². The first kappa shape index (κ1) is 30.0. The van der Waals surface area contributed by atoms with Gasteiger partial charge in [-0.05, 0) is 91.3 Å². The van der Waals surface area contributed by atoms with Crippen molar-refractivity contribution in [2.45, 2.75) is 58.8 Å². The Balaban J connectivity index is 1.51. The summed E-state index contributed by atoms with van der Waals surface area (Å²) in [4.78, 5) is 22.2. The van der Waals surface area contributed by atoms with Gasteiger partial charge in [0.1, 0.15) is 37.9 Å². The first-order valence-electron chi connectivity index (χ1n) is 14.6. The maximum Gasteiger partial charge on any atom is 0.333 e. The van der Waals surface area contributed by atoms with E-state index in [2.05, 4.69) is 68.1 Å². The Bertz CT molecular complexity index is 1340. The summed E-state index contributed by atoms with van der Waals surface area (Å²) in [6, 6.07) is 21.2. The molecule has 3 aromatic carbocycles. The van der Waals surface area contributed by atoms with E-state index in [-0.39, 0.29) is 26.4 Å². The zero-order chi connectivity index (χ0) is 29.2. The van der Waals surface area contributed by atoms with Crippen LogP contribution in [0.2, 0.25) is 0 Å². The predicted molar refractivity (Wildman–Crippen MR) is 164 cm³/mol. The molecule has 3 aromatic rings. The van der Waals surface area contributed by atoms with E-state index in [0.29, 0.717) is 23.0 Å². The van der Waals surface area contributed by atoms with Crippen LogP contribution in [0.5, 0.6) is 11.5 Å². The number of hydrogen-bond acceptors (Lipinski definition) is 6. The maximum atomic E-state index is 11.7. The summed E-state index contributed by atoms with van der Waals surface area (Å²) in [5.74, 6) is 2.31. The molecule has 0 atom stereocenters. The molecular weight excluding hydrogens is 514 g/mol. The average molecular weight is 556 g/mol. The second-order valence-corrected chi connectivity index (χ2v) is 10.9. The van der Waals surface area contributed by atoms with Crippen molar-refractivity contribution in [2.75, 3.05) is 26.4 Å². The van der Waals surface area contributed by atoms with Crippen LogP contribution in [0, 0.1) is 17.7 Å². The lowest BCUT2D eigenvalue weighted by atomic mass is 9.77. The van der Waals surface area contributed by atoms with Gasteiger partial charge in [0.25, 0.3) is 0 Å². The third-order valence-corrected chi connectivity index (χ3v) is 7.98. The fourth-order valence-corrected chi connectivity index (χ4v) is 5.54. The molecule has 216 valence electrons. The van der Waals surface area contributed by atoms with E-state index in [0.717, 1.165) is 22.6 Å². The number of benzene rings is 3. The smallest absolute Gasteiger partial charge is 0.333 e. The maximum absolute atomic E-state index is 11.7. The summed E-state index contributed by atoms with van der Waals surface area (Å²) in [5.41, 5.74) is 7.22. The lowest BCUT2D eigenvalue weighted by molar-refractivity contribution is -0.139. The number of hydrogen-bond donors (Lipinski definition) is 0. The van der Waals surface area contributed by atoms with Gasteiger partial charge in [0.15, 0.2) is 0 Å². The standard InChI is InChI=1S/C35H41NO5/c1-5-26-6-8-27(9-7-26)28-10-12-29(13-11-28)30-14-16-32(25(4)22-30)33-17-15-31(39-19-18-36-38)23-34(33)40-20-21-41-35(37)24(2)3/h10-17,22-23,26-27H,2,5-9,18-21H2,1,3-4H3. The molecule has 0 bridgehead atoms. The topological polar surface area (TPSA) is 74.2 Å². The summed E-state index contributed by atoms with van der Waals surface area (Å²) in [5, 5.41) is 2.85. The second-order valence-electron chi connectivity index (χ2n) is 10.9. The minimum Gasteiger partial charge on any atom is -0.491 e. The number of nitrogens with zero attached hydrogens (tertiary/aromatic N) is 1. The Morgan fingerprint density at radius 3 is 2.24 bits per heavy atom. The van der Waals surface area contributed by atoms with E-state index < -0.39 is 5.97 Å². The minimum atomic E-state index is -0.449. The monoisotopic (exact) mass is 555 g/mol. The Kier molecular flexibility index (Phi) is 10.7. The molecule has 0 aromatic heterocycles. The van der Waals surface area contributed by atoms with Crippen molar-refractivity contribution in [1.82, 2.24) is 0 Å². The van der Waals surface area contributed by atoms with Crippen LogP contribution in [-0.4, -0.2) is 32.3 Å². The number of ether oxygens (including phenoxy) is 3. The SMILES string of the molecule is C=C(C)C(=O)OCCOc1cc(OCCN=O)ccc1-c1ccc(-c2ccc(C3CCC(CC)CC3)cc2)cc1C. The quantitative estimate of drug-likeness (QED) is 0.0913. The van der Waals surface area contributed by atoms with Gasteiger partial charge in [-0.2, -0.15) is 4.91 Å². The van der Waals surface area contributed by atoms with Gasteiger partial charge in [-0.1, -0.05) is 67.6 Å². The molecule has 1 aliphatic rings. The molecular formula is C35H41NO5. The first-order valence-corrected chi connectivity index (χ1v) is 14.6. The zero-order valence-corrected chi connectivity index (χ0v) is 24.5. The molecule has 0 aliphatic heterocycles. The molecule has 0 amide bonds. The molecule has 1 fully saturated rings. The van der Waals surface area contributed by atoms with Crippen LogP contribution >= 0.6 is 0 Å². The van der Waals surface area contributed by atoms with Crippen molar-refractivity contribution in [3.63, 3.8) is 0 Å². The molecule has 6 heteroatoms. The largest absolute Gasteiger partial charge is 0.491 e. The number of nitroso groups, excluding NO2 is 1. The highest BCUT2D eigenvalue weighted by Crippen LogP contribution is 2.39. The fourth-order valence-electron chi connectivity index (χ4n) is 5.54. The van der Waals surface area contributed by atoms with E-state index in [1.165, 1.54) is 48.8 Å². The molecule has 41 heavy (non-hydrogen) atoms. The Morgan fingerprint density at radius 2 is 1.59 bits per heavy atom. The third-order valence-electron chi connectivity index (χ3n) is 7.98. The van der Waals surface area contributed by atoms with Gasteiger partial charge >= 0.3 is 5.97 Å². The summed E-state index contributed by atoms with van der Waals surface area (Å²) < 4.78 is 16.9. The molecule has 0 radical (unpaired) electrons. The van der Waals surface area contributed by atoms with Crippen molar-refractivity contribution in [1.29, 1.82) is 0 Å². The van der Waals surface area contributed by atoms with Gasteiger partial charge in [0.2, 0.25) is 0 Å². The van der Waals surface area contributed by atoms with Crippen LogP contribution in [0.1, 0.15) is 63.0 Å². The van der Waals surface area contributed by atoms with Gasteiger partial charge in [-0.15, -0.1) is 0 Å². The fraction of sp³-hybridized carbons (Fsp3) is 0.400. The van der Waals surface area contributed by atoms with Gasteiger partial charge in [0.05, 0.1) is 0 Å². The molecule has 0 heterocycles. The highest BCUT2D eigenvalue weighted by atomic mass is 16.6. The van der Waals surface area contributed by atoms with Crippen molar-refractivity contribution in [3.8, 4) is 33.8 Å². The summed E-state index contributed by atoms with van der Waals surface area (Å²) >= 11 is 0. The van der Waals surface area contributed by atoms with Gasteiger partial charge < -0.3 is 14.2 Å². The highest BCUT2D eigenvalue weighted by molar-refractivity contribution is 5.86. The number of carbonyl (C=O) groups excluding carboxylic acids is 1. The predicted octanol–water partition coefficient (Wildman–Crippen LogP) is 8.66. The van der Waals surface area contributed by atoms with Crippen molar-refractivity contribution < 1.29 is 19.0 Å². The van der Waals surface area contributed by atoms with Crippen molar-refractivity contribution >= 4 is 5.97 Å². The number of esters is 1. The van der Waals surface area contributed by atoms with Crippen LogP contribution in [0.4, 0.5) is 0 Å². The lowest BCUT2D eigenvalue weighted by Gasteiger charge is -2.28. The van der Waals surface area contributed by atoms with Crippen LogP contribution in [0.3, 0.4) is 0 Å². The van der Waals surface area contributed by atoms with Gasteiger partial charge in [-0.3, -0.25) is 0 Å². The zero-order valence-electron chi connectivity index (χ0n) is 24.5. The van der Waals surface area contributed by atoms with E-state index >= 15 is 0 Å². The molecule has 0 N–H and O–H groups in total. The van der Waals surface area contributed by atoms with Gasteiger partial charge in [-0.25, -0.2) is 4.79 Å². The third kappa shape index (κ3) is 8.06. The van der Waals surface area contributed by atoms with E-state index in [1.54, 1.807) is 13.0 Å². The number of rotatable bonds is 13. The summed E-state index contributed by atoms with van der Waals surface area (Å²) in [7, 11) is 0. The van der Waals surface area contributed by atoms with Crippen LogP contribution in [0.15, 0.2) is 78.0 Å². The molecule has 0 saturated heterocycles. The van der Waals surface area contributed by atoms with Crippen molar-refractivity contribution in [2.24, 2.45) is 11.1 Å². The van der Waals surface area contributed by atoms with Crippen molar-refractivity contribution in [3.05, 3.63) is 88.8 Å². The number of aryl methyl sites for hydroxylation is 1. The summed E-state index contributed by atoms with van der Waals surface area (Å²) in [6.45, 7) is 10.1.